The molecule has 2 N–H and O–H groups in total. The van der Waals surface area contributed by atoms with Gasteiger partial charge in [-0.1, -0.05) is 0 Å². The van der Waals surface area contributed by atoms with E-state index >= 15 is 0 Å². The Morgan fingerprint density at radius 3 is 3.04 bits per heavy atom. The number of amides is 1. The molecule has 0 fully saturated rings. The van der Waals surface area contributed by atoms with Crippen LogP contribution in [0.2, 0.25) is 0 Å². The van der Waals surface area contributed by atoms with Crippen LogP contribution < -0.4 is 10.9 Å². The van der Waals surface area contributed by atoms with Gasteiger partial charge in [-0.3, -0.25) is 14.2 Å². The minimum Gasteiger partial charge on any atom is -0.393 e. The second-order valence-electron chi connectivity index (χ2n) is 6.37. The Bertz CT molecular complexity index is 794. The summed E-state index contributed by atoms with van der Waals surface area (Å²) in [5, 5.41) is 12.7. The molecule has 3 rings (SSSR count). The van der Waals surface area contributed by atoms with Crippen molar-refractivity contribution in [2.75, 3.05) is 6.54 Å². The van der Waals surface area contributed by atoms with Crippen LogP contribution in [0.3, 0.4) is 0 Å². The van der Waals surface area contributed by atoms with Crippen LogP contribution in [0.25, 0.3) is 10.2 Å². The molecule has 1 aliphatic carbocycles. The van der Waals surface area contributed by atoms with Gasteiger partial charge in [0.15, 0.2) is 0 Å². The third-order valence-corrected chi connectivity index (χ3v) is 5.61. The molecule has 7 heteroatoms. The molecule has 1 unspecified atom stereocenters. The van der Waals surface area contributed by atoms with E-state index < -0.39 is 6.10 Å². The molecule has 0 saturated carbocycles. The summed E-state index contributed by atoms with van der Waals surface area (Å²) in [6.45, 7) is 2.46. The Labute approximate surface area is 144 Å². The number of thiophene rings is 1. The van der Waals surface area contributed by atoms with E-state index in [1.807, 2.05) is 0 Å². The molecular formula is C17H23N3O3S. The maximum atomic E-state index is 12.7. The van der Waals surface area contributed by atoms with E-state index in [-0.39, 0.29) is 17.9 Å². The van der Waals surface area contributed by atoms with E-state index in [1.54, 1.807) is 24.6 Å². The van der Waals surface area contributed by atoms with Gasteiger partial charge in [0, 0.05) is 24.4 Å². The summed E-state index contributed by atoms with van der Waals surface area (Å²) < 4.78 is 1.54. The highest BCUT2D eigenvalue weighted by atomic mass is 32.1. The first kappa shape index (κ1) is 17.1. The van der Waals surface area contributed by atoms with Crippen molar-refractivity contribution in [1.82, 2.24) is 14.9 Å². The molecule has 2 aromatic heterocycles. The molecule has 130 valence electrons. The first-order valence-electron chi connectivity index (χ1n) is 8.50. The second-order valence-corrected chi connectivity index (χ2v) is 7.46. The molecule has 6 nitrogen and oxygen atoms in total. The van der Waals surface area contributed by atoms with Gasteiger partial charge in [-0.05, 0) is 44.6 Å². The molecular weight excluding hydrogens is 326 g/mol. The van der Waals surface area contributed by atoms with Crippen LogP contribution in [0, 0.1) is 0 Å². The normalized spacial score (nSPS) is 15.2. The highest BCUT2D eigenvalue weighted by Crippen LogP contribution is 2.33. The first-order valence-corrected chi connectivity index (χ1v) is 9.32. The quantitative estimate of drug-likeness (QED) is 0.830. The lowest BCUT2D eigenvalue weighted by Gasteiger charge is -2.10. The van der Waals surface area contributed by atoms with Crippen LogP contribution in [-0.2, 0) is 24.2 Å². The van der Waals surface area contributed by atoms with Crippen molar-refractivity contribution in [1.29, 1.82) is 0 Å². The van der Waals surface area contributed by atoms with E-state index in [9.17, 15) is 14.7 Å². The van der Waals surface area contributed by atoms with Crippen molar-refractivity contribution in [3.05, 3.63) is 27.1 Å². The molecule has 0 aliphatic heterocycles. The molecule has 0 radical (unpaired) electrons. The van der Waals surface area contributed by atoms with Crippen LogP contribution in [0.5, 0.6) is 0 Å². The standard InChI is InChI=1S/C17H23N3O3S/c1-11(21)6-8-18-14(22)7-9-20-10-19-16-15(17(20)23)12-4-2-3-5-13(12)24-16/h10-11,21H,2-9H2,1H3,(H,18,22). The molecule has 0 saturated heterocycles. The SMILES string of the molecule is CC(O)CCNC(=O)CCn1cnc2sc3c(c2c1=O)CCCC3. The highest BCUT2D eigenvalue weighted by molar-refractivity contribution is 7.18. The van der Waals surface area contributed by atoms with Crippen molar-refractivity contribution in [3.8, 4) is 0 Å². The first-order chi connectivity index (χ1) is 11.6. The molecule has 1 aliphatic rings. The number of hydrogen-bond donors (Lipinski definition) is 2. The van der Waals surface area contributed by atoms with Crippen molar-refractivity contribution < 1.29 is 9.90 Å². The van der Waals surface area contributed by atoms with Gasteiger partial charge < -0.3 is 10.4 Å². The third-order valence-electron chi connectivity index (χ3n) is 4.41. The van der Waals surface area contributed by atoms with Crippen molar-refractivity contribution >= 4 is 27.5 Å². The number of hydrogen-bond acceptors (Lipinski definition) is 5. The van der Waals surface area contributed by atoms with Gasteiger partial charge in [0.1, 0.15) is 4.83 Å². The number of aryl methyl sites for hydroxylation is 3. The van der Waals surface area contributed by atoms with Gasteiger partial charge >= 0.3 is 0 Å². The maximum absolute atomic E-state index is 12.7. The summed E-state index contributed by atoms with van der Waals surface area (Å²) in [6, 6.07) is 0. The van der Waals surface area contributed by atoms with Gasteiger partial charge in [0.2, 0.25) is 5.91 Å². The minimum absolute atomic E-state index is 0.0313. The number of aliphatic hydroxyl groups excluding tert-OH is 1. The predicted octanol–water partition coefficient (Wildman–Crippen LogP) is 1.61. The number of fused-ring (bicyclic) bond motifs is 3. The molecule has 24 heavy (non-hydrogen) atoms. The van der Waals surface area contributed by atoms with Gasteiger partial charge in [-0.2, -0.15) is 0 Å². The summed E-state index contributed by atoms with van der Waals surface area (Å²) in [5.74, 6) is -0.116. The average molecular weight is 349 g/mol. The smallest absolute Gasteiger partial charge is 0.262 e. The number of aromatic nitrogens is 2. The Balaban J connectivity index is 1.70. The zero-order valence-electron chi connectivity index (χ0n) is 13.9. The molecule has 0 bridgehead atoms. The fourth-order valence-corrected chi connectivity index (χ4v) is 4.29. The molecule has 1 amide bonds. The van der Waals surface area contributed by atoms with Crippen molar-refractivity contribution in [3.63, 3.8) is 0 Å². The fourth-order valence-electron chi connectivity index (χ4n) is 3.07. The van der Waals surface area contributed by atoms with Gasteiger partial charge in [-0.25, -0.2) is 4.98 Å². The Morgan fingerprint density at radius 2 is 2.25 bits per heavy atom. The number of rotatable bonds is 6. The monoisotopic (exact) mass is 349 g/mol. The molecule has 0 aromatic carbocycles. The molecule has 2 aromatic rings. The lowest BCUT2D eigenvalue weighted by Crippen LogP contribution is -2.29. The Kier molecular flexibility index (Phi) is 5.30. The number of nitrogens with zero attached hydrogens (tertiary/aromatic N) is 2. The van der Waals surface area contributed by atoms with Crippen molar-refractivity contribution in [2.24, 2.45) is 0 Å². The van der Waals surface area contributed by atoms with Crippen LogP contribution in [0.1, 0.15) is 43.0 Å². The largest absolute Gasteiger partial charge is 0.393 e. The zero-order valence-corrected chi connectivity index (χ0v) is 14.7. The lowest BCUT2D eigenvalue weighted by molar-refractivity contribution is -0.121. The summed E-state index contributed by atoms with van der Waals surface area (Å²) in [7, 11) is 0. The predicted molar refractivity (Wildman–Crippen MR) is 94.4 cm³/mol. The van der Waals surface area contributed by atoms with Crippen LogP contribution in [0.4, 0.5) is 0 Å². The summed E-state index contributed by atoms with van der Waals surface area (Å²) >= 11 is 1.63. The Morgan fingerprint density at radius 1 is 1.46 bits per heavy atom. The molecule has 0 spiro atoms. The lowest BCUT2D eigenvalue weighted by atomic mass is 9.97. The maximum Gasteiger partial charge on any atom is 0.262 e. The van der Waals surface area contributed by atoms with E-state index in [4.69, 9.17) is 0 Å². The minimum atomic E-state index is -0.427. The van der Waals surface area contributed by atoms with Gasteiger partial charge in [0.25, 0.3) is 5.56 Å². The summed E-state index contributed by atoms with van der Waals surface area (Å²) in [4.78, 5) is 31.1. The van der Waals surface area contributed by atoms with Crippen molar-refractivity contribution in [2.45, 2.75) is 58.1 Å². The summed E-state index contributed by atoms with van der Waals surface area (Å²) in [6.07, 6.45) is 6.19. The Hall–Kier alpha value is -1.73. The van der Waals surface area contributed by atoms with E-state index in [1.165, 1.54) is 21.4 Å². The van der Waals surface area contributed by atoms with E-state index in [0.29, 0.717) is 19.5 Å². The fraction of sp³-hybridized carbons (Fsp3) is 0.588. The third kappa shape index (κ3) is 3.67. The average Bonchev–Trinajstić information content (AvgIpc) is 2.93. The number of carbonyl (C=O) groups is 1. The highest BCUT2D eigenvalue weighted by Gasteiger charge is 2.20. The summed E-state index contributed by atoms with van der Waals surface area (Å²) in [5.41, 5.74) is 1.14. The molecule has 2 heterocycles. The zero-order chi connectivity index (χ0) is 17.1. The number of aliphatic hydroxyl groups is 1. The topological polar surface area (TPSA) is 84.2 Å². The van der Waals surface area contributed by atoms with Gasteiger partial charge in [-0.15, -0.1) is 11.3 Å². The number of nitrogens with one attached hydrogen (secondary N) is 1. The van der Waals surface area contributed by atoms with E-state index in [2.05, 4.69) is 10.3 Å². The second kappa shape index (κ2) is 7.44. The van der Waals surface area contributed by atoms with Gasteiger partial charge in [0.05, 0.1) is 17.8 Å². The van der Waals surface area contributed by atoms with Crippen LogP contribution >= 0.6 is 11.3 Å². The van der Waals surface area contributed by atoms with Crippen LogP contribution in [0.15, 0.2) is 11.1 Å². The number of carbonyl (C=O) groups excluding carboxylic acids is 1. The van der Waals surface area contributed by atoms with Crippen LogP contribution in [-0.4, -0.2) is 33.2 Å². The molecule has 1 atom stereocenters. The van der Waals surface area contributed by atoms with E-state index in [0.717, 1.165) is 29.5 Å².